The second-order valence-electron chi connectivity index (χ2n) is 6.94. The Labute approximate surface area is 206 Å². The monoisotopic (exact) mass is 515 g/mol. The zero-order valence-corrected chi connectivity index (χ0v) is 20.0. The van der Waals surface area contributed by atoms with Crippen LogP contribution < -0.4 is 9.83 Å². The van der Waals surface area contributed by atoms with Gasteiger partial charge in [0, 0.05) is 5.02 Å². The molecular weight excluding hydrogens is 499 g/mol. The van der Waals surface area contributed by atoms with Crippen LogP contribution in [0.5, 0.6) is 0 Å². The number of aromatic nitrogens is 2. The number of aliphatic imine (C=N–C) groups is 1. The fourth-order valence-corrected chi connectivity index (χ4v) is 4.78. The van der Waals surface area contributed by atoms with Gasteiger partial charge in [0.1, 0.15) is 4.90 Å². The van der Waals surface area contributed by atoms with Crippen LogP contribution in [0.2, 0.25) is 10.0 Å². The zero-order valence-electron chi connectivity index (χ0n) is 17.7. The zero-order chi connectivity index (χ0) is 24.3. The van der Waals surface area contributed by atoms with E-state index in [1.165, 1.54) is 18.2 Å². The van der Waals surface area contributed by atoms with Gasteiger partial charge in [0.05, 0.1) is 27.7 Å². The molecule has 1 heterocycles. The highest BCUT2D eigenvalue weighted by molar-refractivity contribution is 7.92. The number of anilines is 1. The highest BCUT2D eigenvalue weighted by Crippen LogP contribution is 2.30. The molecule has 1 aliphatic rings. The Balaban J connectivity index is 1.77. The van der Waals surface area contributed by atoms with E-state index in [1.807, 2.05) is 0 Å². The molecule has 34 heavy (non-hydrogen) atoms. The van der Waals surface area contributed by atoms with Crippen LogP contribution in [-0.4, -0.2) is 30.7 Å². The third-order valence-corrected chi connectivity index (χ3v) is 6.63. The number of sulfonamides is 1. The first-order valence-electron chi connectivity index (χ1n) is 10.0. The Morgan fingerprint density at radius 1 is 1.06 bits per heavy atom. The lowest BCUT2D eigenvalue weighted by atomic mass is 10.1. The van der Waals surface area contributed by atoms with Crippen molar-refractivity contribution >= 4 is 61.6 Å². The maximum atomic E-state index is 13.1. The molecule has 8 nitrogen and oxygen atoms in total. The Morgan fingerprint density at radius 2 is 1.74 bits per heavy atom. The van der Waals surface area contributed by atoms with Crippen LogP contribution >= 0.6 is 23.2 Å². The molecule has 0 bridgehead atoms. The van der Waals surface area contributed by atoms with Gasteiger partial charge in [-0.2, -0.15) is 0 Å². The van der Waals surface area contributed by atoms with Crippen molar-refractivity contribution in [2.24, 2.45) is 4.99 Å². The molecular formula is C23H17Cl2N4O4S-. The minimum absolute atomic E-state index is 0.00121. The lowest BCUT2D eigenvalue weighted by Crippen LogP contribution is -2.15. The van der Waals surface area contributed by atoms with Gasteiger partial charge in [-0.05, 0) is 54.7 Å². The lowest BCUT2D eigenvalue weighted by molar-refractivity contribution is -0.357. The molecule has 0 atom stereocenters. The Hall–Kier alpha value is -3.40. The number of allylic oxidation sites excluding steroid dienone is 5. The molecule has 0 spiro atoms. The fraction of sp³-hybridized carbons (Fsp3) is 0.0870. The minimum Gasteiger partial charge on any atom is -0.613 e. The van der Waals surface area contributed by atoms with Gasteiger partial charge in [-0.25, -0.2) is 23.4 Å². The molecule has 0 unspecified atom stereocenters. The van der Waals surface area contributed by atoms with E-state index in [1.54, 1.807) is 55.5 Å². The highest BCUT2D eigenvalue weighted by Gasteiger charge is 2.22. The summed E-state index contributed by atoms with van der Waals surface area (Å²) in [6, 6.07) is 11.1. The molecule has 2 aromatic carbocycles. The van der Waals surface area contributed by atoms with E-state index >= 15 is 0 Å². The molecule has 3 aromatic rings. The van der Waals surface area contributed by atoms with Crippen LogP contribution in [-0.2, 0) is 14.8 Å². The van der Waals surface area contributed by atoms with E-state index in [4.69, 9.17) is 27.9 Å². The van der Waals surface area contributed by atoms with Gasteiger partial charge in [0.15, 0.2) is 11.6 Å². The average molecular weight is 516 g/mol. The summed E-state index contributed by atoms with van der Waals surface area (Å²) < 4.78 is 33.6. The van der Waals surface area contributed by atoms with Crippen LogP contribution in [0.1, 0.15) is 6.92 Å². The van der Waals surface area contributed by atoms with Gasteiger partial charge in [0.2, 0.25) is 0 Å². The number of para-hydroxylation sites is 2. The quantitative estimate of drug-likeness (QED) is 0.481. The SMILES string of the molecule is CCOC([O-])=C1C=CC(=Nc2nc3ccccc3nc2NS(=O)(=O)c2cc(Cl)ccc2Cl)C=C1. The van der Waals surface area contributed by atoms with E-state index < -0.39 is 16.0 Å². The summed E-state index contributed by atoms with van der Waals surface area (Å²) in [4.78, 5) is 13.1. The molecule has 1 aliphatic carbocycles. The summed E-state index contributed by atoms with van der Waals surface area (Å²) in [5.41, 5.74) is 1.78. The summed E-state index contributed by atoms with van der Waals surface area (Å²) in [5.74, 6) is -0.514. The maximum absolute atomic E-state index is 13.1. The van der Waals surface area contributed by atoms with Crippen molar-refractivity contribution in [1.29, 1.82) is 0 Å². The number of hydrogen-bond acceptors (Lipinski definition) is 7. The van der Waals surface area contributed by atoms with Crippen molar-refractivity contribution in [3.63, 3.8) is 0 Å². The fourth-order valence-electron chi connectivity index (χ4n) is 3.01. The summed E-state index contributed by atoms with van der Waals surface area (Å²) in [6.45, 7) is 1.98. The number of hydrogen-bond donors (Lipinski definition) is 1. The lowest BCUT2D eigenvalue weighted by Gasteiger charge is -2.16. The Morgan fingerprint density at radius 3 is 2.41 bits per heavy atom. The predicted octanol–water partition coefficient (Wildman–Crippen LogP) is 4.54. The van der Waals surface area contributed by atoms with Crippen LogP contribution in [0.15, 0.2) is 88.2 Å². The first-order chi connectivity index (χ1) is 16.3. The third-order valence-electron chi connectivity index (χ3n) is 4.58. The summed E-state index contributed by atoms with van der Waals surface area (Å²) >= 11 is 12.1. The van der Waals surface area contributed by atoms with Crippen molar-refractivity contribution in [3.05, 3.63) is 88.3 Å². The first-order valence-corrected chi connectivity index (χ1v) is 12.2. The molecule has 1 N–H and O–H groups in total. The van der Waals surface area contributed by atoms with Crippen LogP contribution in [0.25, 0.3) is 11.0 Å². The van der Waals surface area contributed by atoms with Gasteiger partial charge in [-0.1, -0.05) is 54.4 Å². The van der Waals surface area contributed by atoms with Crippen molar-refractivity contribution in [1.82, 2.24) is 9.97 Å². The van der Waals surface area contributed by atoms with Crippen molar-refractivity contribution in [3.8, 4) is 0 Å². The van der Waals surface area contributed by atoms with Crippen molar-refractivity contribution in [2.45, 2.75) is 11.8 Å². The number of ether oxygens (including phenoxy) is 1. The number of fused-ring (bicyclic) bond motifs is 1. The largest absolute Gasteiger partial charge is 0.613 e. The maximum Gasteiger partial charge on any atom is 0.264 e. The van der Waals surface area contributed by atoms with Crippen LogP contribution in [0.3, 0.4) is 0 Å². The van der Waals surface area contributed by atoms with Gasteiger partial charge >= 0.3 is 0 Å². The minimum atomic E-state index is -4.16. The first kappa shape index (κ1) is 23.7. The molecule has 174 valence electrons. The average Bonchev–Trinajstić information content (AvgIpc) is 2.81. The Bertz CT molecular complexity index is 1480. The molecule has 0 saturated carbocycles. The molecule has 11 heteroatoms. The molecule has 0 fully saturated rings. The van der Waals surface area contributed by atoms with E-state index in [0.717, 1.165) is 0 Å². The van der Waals surface area contributed by atoms with E-state index in [9.17, 15) is 13.5 Å². The Kier molecular flexibility index (Phi) is 6.87. The van der Waals surface area contributed by atoms with Crippen LogP contribution in [0.4, 0.5) is 11.6 Å². The van der Waals surface area contributed by atoms with Gasteiger partial charge in [-0.3, -0.25) is 4.72 Å². The van der Waals surface area contributed by atoms with E-state index in [0.29, 0.717) is 22.3 Å². The second kappa shape index (κ2) is 9.84. The van der Waals surface area contributed by atoms with E-state index in [-0.39, 0.29) is 33.2 Å². The normalized spacial score (nSPS) is 13.3. The summed E-state index contributed by atoms with van der Waals surface area (Å²) in [7, 11) is -4.16. The number of rotatable bonds is 6. The standard InChI is InChI=1S/C23H18Cl2N4O4S/c1-2-33-23(30)14-7-10-16(11-8-14)26-21-22(28-19-6-4-3-5-18(19)27-21)29-34(31,32)20-13-15(24)9-12-17(20)25/h3-13,30H,2H2,1H3,(H,28,29)/p-1. The molecule has 4 rings (SSSR count). The van der Waals surface area contributed by atoms with Gasteiger partial charge < -0.3 is 9.84 Å². The molecule has 0 amide bonds. The van der Waals surface area contributed by atoms with Gasteiger partial charge in [0.25, 0.3) is 10.0 Å². The smallest absolute Gasteiger partial charge is 0.264 e. The van der Waals surface area contributed by atoms with E-state index in [2.05, 4.69) is 19.7 Å². The molecule has 1 aromatic heterocycles. The molecule has 0 radical (unpaired) electrons. The molecule has 0 aliphatic heterocycles. The number of nitrogens with one attached hydrogen (secondary N) is 1. The summed E-state index contributed by atoms with van der Waals surface area (Å²) in [6.07, 6.45) is 6.30. The highest BCUT2D eigenvalue weighted by atomic mass is 35.5. The third kappa shape index (κ3) is 5.22. The van der Waals surface area contributed by atoms with Crippen LogP contribution in [0, 0.1) is 0 Å². The summed E-state index contributed by atoms with van der Waals surface area (Å²) in [5, 5.41) is 12.1. The number of benzene rings is 2. The molecule has 0 saturated heterocycles. The topological polar surface area (TPSA) is 117 Å². The second-order valence-corrected chi connectivity index (χ2v) is 9.44. The van der Waals surface area contributed by atoms with Gasteiger partial charge in [-0.15, -0.1) is 0 Å². The number of halogens is 2. The van der Waals surface area contributed by atoms with Crippen molar-refractivity contribution < 1.29 is 18.3 Å². The van der Waals surface area contributed by atoms with Crippen molar-refractivity contribution in [2.75, 3.05) is 11.3 Å². The predicted molar refractivity (Wildman–Crippen MR) is 131 cm³/mol. The number of nitrogens with zero attached hydrogens (tertiary/aromatic N) is 3.